The molecular weight excluding hydrogens is 258 g/mol. The summed E-state index contributed by atoms with van der Waals surface area (Å²) >= 11 is 0. The van der Waals surface area contributed by atoms with Crippen LogP contribution in [0.25, 0.3) is 0 Å². The third-order valence-corrected chi connectivity index (χ3v) is 2.98. The van der Waals surface area contributed by atoms with Gasteiger partial charge in [-0.25, -0.2) is 0 Å². The first-order valence-electron chi connectivity index (χ1n) is 6.77. The standard InChI is InChI=1S/C15H21NO4/c1-5-19-14(17)13(15(18)20-6-2)11(4)12-8-7-10(3)9-16-12/h7-9,11,13H,5-6H2,1-4H3. The van der Waals surface area contributed by atoms with E-state index in [4.69, 9.17) is 9.47 Å². The summed E-state index contributed by atoms with van der Waals surface area (Å²) < 4.78 is 9.94. The number of carbonyl (C=O) groups is 2. The first-order valence-corrected chi connectivity index (χ1v) is 6.77. The van der Waals surface area contributed by atoms with Crippen LogP contribution in [0.3, 0.4) is 0 Å². The summed E-state index contributed by atoms with van der Waals surface area (Å²) in [6.45, 7) is 7.56. The van der Waals surface area contributed by atoms with E-state index in [9.17, 15) is 9.59 Å². The lowest BCUT2D eigenvalue weighted by Gasteiger charge is -2.20. The summed E-state index contributed by atoms with van der Waals surface area (Å²) in [7, 11) is 0. The molecule has 0 amide bonds. The average molecular weight is 279 g/mol. The van der Waals surface area contributed by atoms with Gasteiger partial charge in [-0.1, -0.05) is 13.0 Å². The fourth-order valence-electron chi connectivity index (χ4n) is 1.89. The van der Waals surface area contributed by atoms with Gasteiger partial charge in [0.2, 0.25) is 0 Å². The summed E-state index contributed by atoms with van der Waals surface area (Å²) in [4.78, 5) is 28.2. The Morgan fingerprint density at radius 1 is 1.15 bits per heavy atom. The van der Waals surface area contributed by atoms with Crippen molar-refractivity contribution in [1.29, 1.82) is 0 Å². The molecule has 0 spiro atoms. The van der Waals surface area contributed by atoms with Gasteiger partial charge in [0.1, 0.15) is 0 Å². The zero-order valence-corrected chi connectivity index (χ0v) is 12.4. The maximum atomic E-state index is 12.0. The number of nitrogens with zero attached hydrogens (tertiary/aromatic N) is 1. The fraction of sp³-hybridized carbons (Fsp3) is 0.533. The van der Waals surface area contributed by atoms with E-state index >= 15 is 0 Å². The van der Waals surface area contributed by atoms with Crippen LogP contribution in [-0.2, 0) is 19.1 Å². The van der Waals surface area contributed by atoms with Crippen LogP contribution in [0.5, 0.6) is 0 Å². The minimum absolute atomic E-state index is 0.225. The number of aromatic nitrogens is 1. The van der Waals surface area contributed by atoms with Gasteiger partial charge in [-0.15, -0.1) is 0 Å². The molecule has 0 radical (unpaired) electrons. The minimum Gasteiger partial charge on any atom is -0.465 e. The van der Waals surface area contributed by atoms with Gasteiger partial charge in [-0.05, 0) is 32.4 Å². The first kappa shape index (κ1) is 16.1. The van der Waals surface area contributed by atoms with E-state index in [0.29, 0.717) is 5.69 Å². The van der Waals surface area contributed by atoms with E-state index in [1.54, 1.807) is 27.0 Å². The Labute approximate surface area is 119 Å². The van der Waals surface area contributed by atoms with Crippen molar-refractivity contribution < 1.29 is 19.1 Å². The largest absolute Gasteiger partial charge is 0.465 e. The summed E-state index contributed by atoms with van der Waals surface area (Å²) in [6.07, 6.45) is 1.71. The molecule has 110 valence electrons. The molecule has 5 heteroatoms. The second-order valence-electron chi connectivity index (χ2n) is 4.53. The van der Waals surface area contributed by atoms with Crippen LogP contribution in [0.4, 0.5) is 0 Å². The molecule has 1 atom stereocenters. The Balaban J connectivity index is 2.99. The van der Waals surface area contributed by atoms with Gasteiger partial charge >= 0.3 is 11.9 Å². The molecule has 0 aromatic carbocycles. The lowest BCUT2D eigenvalue weighted by molar-refractivity contribution is -0.162. The van der Waals surface area contributed by atoms with E-state index in [-0.39, 0.29) is 13.2 Å². The third-order valence-electron chi connectivity index (χ3n) is 2.98. The van der Waals surface area contributed by atoms with Gasteiger partial charge in [0, 0.05) is 17.8 Å². The number of pyridine rings is 1. The fourth-order valence-corrected chi connectivity index (χ4v) is 1.89. The van der Waals surface area contributed by atoms with Crippen LogP contribution in [-0.4, -0.2) is 30.1 Å². The zero-order chi connectivity index (χ0) is 15.1. The number of esters is 2. The minimum atomic E-state index is -0.981. The molecule has 1 unspecified atom stereocenters. The van der Waals surface area contributed by atoms with Crippen LogP contribution in [0.15, 0.2) is 18.3 Å². The number of hydrogen-bond donors (Lipinski definition) is 0. The molecular formula is C15H21NO4. The van der Waals surface area contributed by atoms with Crippen molar-refractivity contribution in [2.45, 2.75) is 33.6 Å². The topological polar surface area (TPSA) is 65.5 Å². The van der Waals surface area contributed by atoms with Gasteiger partial charge in [0.25, 0.3) is 0 Å². The molecule has 5 nitrogen and oxygen atoms in total. The van der Waals surface area contributed by atoms with Crippen molar-refractivity contribution in [3.63, 3.8) is 0 Å². The molecule has 0 aliphatic carbocycles. The second-order valence-corrected chi connectivity index (χ2v) is 4.53. The van der Waals surface area contributed by atoms with Gasteiger partial charge < -0.3 is 9.47 Å². The van der Waals surface area contributed by atoms with Gasteiger partial charge in [-0.3, -0.25) is 14.6 Å². The van der Waals surface area contributed by atoms with E-state index in [1.165, 1.54) is 0 Å². The summed E-state index contributed by atoms with van der Waals surface area (Å²) in [5.41, 5.74) is 1.69. The maximum Gasteiger partial charge on any atom is 0.321 e. The molecule has 20 heavy (non-hydrogen) atoms. The maximum absolute atomic E-state index is 12.0. The summed E-state index contributed by atoms with van der Waals surface area (Å²) in [5, 5.41) is 0. The molecule has 0 saturated heterocycles. The van der Waals surface area contributed by atoms with Gasteiger partial charge in [0.05, 0.1) is 13.2 Å². The predicted molar refractivity (Wildman–Crippen MR) is 74.1 cm³/mol. The van der Waals surface area contributed by atoms with Crippen molar-refractivity contribution >= 4 is 11.9 Å². The van der Waals surface area contributed by atoms with Gasteiger partial charge in [-0.2, -0.15) is 0 Å². The van der Waals surface area contributed by atoms with Crippen LogP contribution >= 0.6 is 0 Å². The van der Waals surface area contributed by atoms with Crippen LogP contribution in [0, 0.1) is 12.8 Å². The molecule has 1 aromatic rings. The quantitative estimate of drug-likeness (QED) is 0.590. The highest BCUT2D eigenvalue weighted by atomic mass is 16.6. The molecule has 1 heterocycles. The number of aryl methyl sites for hydroxylation is 1. The van der Waals surface area contributed by atoms with E-state index in [2.05, 4.69) is 4.98 Å². The normalized spacial score (nSPS) is 12.1. The number of carbonyl (C=O) groups excluding carboxylic acids is 2. The summed E-state index contributed by atoms with van der Waals surface area (Å²) in [6, 6.07) is 3.71. The lowest BCUT2D eigenvalue weighted by atomic mass is 9.90. The molecule has 0 aliphatic heterocycles. The Morgan fingerprint density at radius 3 is 2.10 bits per heavy atom. The smallest absolute Gasteiger partial charge is 0.321 e. The number of rotatable bonds is 6. The van der Waals surface area contributed by atoms with E-state index in [1.807, 2.05) is 19.1 Å². The van der Waals surface area contributed by atoms with Crippen LogP contribution < -0.4 is 0 Å². The highest BCUT2D eigenvalue weighted by Crippen LogP contribution is 2.25. The highest BCUT2D eigenvalue weighted by molar-refractivity contribution is 5.96. The predicted octanol–water partition coefficient (Wildman–Crippen LogP) is 2.24. The average Bonchev–Trinajstić information content (AvgIpc) is 2.40. The number of ether oxygens (including phenoxy) is 2. The third kappa shape index (κ3) is 4.05. The summed E-state index contributed by atoms with van der Waals surface area (Å²) in [5.74, 6) is -2.51. The molecule has 1 rings (SSSR count). The Bertz CT molecular complexity index is 437. The first-order chi connectivity index (χ1) is 9.51. The Hall–Kier alpha value is -1.91. The van der Waals surface area contributed by atoms with E-state index < -0.39 is 23.8 Å². The molecule has 0 bridgehead atoms. The van der Waals surface area contributed by atoms with Crippen molar-refractivity contribution in [3.05, 3.63) is 29.6 Å². The van der Waals surface area contributed by atoms with Crippen molar-refractivity contribution in [2.75, 3.05) is 13.2 Å². The van der Waals surface area contributed by atoms with Crippen molar-refractivity contribution in [1.82, 2.24) is 4.98 Å². The molecule has 1 aromatic heterocycles. The molecule has 0 aliphatic rings. The second kappa shape index (κ2) is 7.62. The lowest BCUT2D eigenvalue weighted by Crippen LogP contribution is -2.32. The van der Waals surface area contributed by atoms with Crippen LogP contribution in [0.2, 0.25) is 0 Å². The monoisotopic (exact) mass is 279 g/mol. The number of hydrogen-bond acceptors (Lipinski definition) is 5. The SMILES string of the molecule is CCOC(=O)C(C(=O)OCC)C(C)c1ccc(C)cn1. The van der Waals surface area contributed by atoms with Crippen molar-refractivity contribution in [2.24, 2.45) is 5.92 Å². The Morgan fingerprint density at radius 2 is 1.70 bits per heavy atom. The Kier molecular flexibility index (Phi) is 6.15. The zero-order valence-electron chi connectivity index (χ0n) is 12.4. The highest BCUT2D eigenvalue weighted by Gasteiger charge is 2.36. The molecule has 0 N–H and O–H groups in total. The molecule has 0 saturated carbocycles. The van der Waals surface area contributed by atoms with Crippen LogP contribution in [0.1, 0.15) is 37.9 Å². The van der Waals surface area contributed by atoms with Gasteiger partial charge in [0.15, 0.2) is 5.92 Å². The molecule has 0 fully saturated rings. The van der Waals surface area contributed by atoms with E-state index in [0.717, 1.165) is 5.56 Å². The van der Waals surface area contributed by atoms with Crippen molar-refractivity contribution in [3.8, 4) is 0 Å².